The zero-order chi connectivity index (χ0) is 8.27. The first-order chi connectivity index (χ1) is 5.18. The first kappa shape index (κ1) is 8.87. The standard InChI is InChI=1S/C7H12F2O2/c8-7(9)4-11-6-2-1-5(10)3-6/h5-7,10H,1-4H2. The Kier molecular flexibility index (Phi) is 3.20. The van der Waals surface area contributed by atoms with Crippen molar-refractivity contribution in [1.82, 2.24) is 0 Å². The highest BCUT2D eigenvalue weighted by molar-refractivity contribution is 4.74. The fraction of sp³-hybridized carbons (Fsp3) is 1.00. The highest BCUT2D eigenvalue weighted by Crippen LogP contribution is 2.21. The maximum Gasteiger partial charge on any atom is 0.261 e. The average molecular weight is 166 g/mol. The van der Waals surface area contributed by atoms with Crippen molar-refractivity contribution in [2.24, 2.45) is 0 Å². The molecule has 1 aliphatic rings. The molecule has 0 aromatic carbocycles. The second-order valence-corrected chi connectivity index (χ2v) is 2.81. The van der Waals surface area contributed by atoms with E-state index < -0.39 is 13.0 Å². The van der Waals surface area contributed by atoms with Crippen LogP contribution in [-0.4, -0.2) is 30.3 Å². The Labute approximate surface area is 64.2 Å². The van der Waals surface area contributed by atoms with E-state index in [-0.39, 0.29) is 12.2 Å². The van der Waals surface area contributed by atoms with Crippen LogP contribution in [0.1, 0.15) is 19.3 Å². The van der Waals surface area contributed by atoms with Crippen molar-refractivity contribution in [2.45, 2.75) is 37.9 Å². The summed E-state index contributed by atoms with van der Waals surface area (Å²) in [5, 5.41) is 9.00. The van der Waals surface area contributed by atoms with Gasteiger partial charge in [-0.1, -0.05) is 0 Å². The van der Waals surface area contributed by atoms with E-state index in [4.69, 9.17) is 9.84 Å². The molecule has 0 aliphatic heterocycles. The van der Waals surface area contributed by atoms with Gasteiger partial charge in [0, 0.05) is 0 Å². The molecule has 0 spiro atoms. The Morgan fingerprint density at radius 2 is 2.18 bits per heavy atom. The van der Waals surface area contributed by atoms with Crippen molar-refractivity contribution in [3.8, 4) is 0 Å². The third-order valence-corrected chi connectivity index (χ3v) is 1.81. The first-order valence-corrected chi connectivity index (χ1v) is 3.76. The number of aliphatic hydroxyl groups excluding tert-OH is 1. The lowest BCUT2D eigenvalue weighted by molar-refractivity contribution is -0.0250. The molecule has 1 saturated carbocycles. The van der Waals surface area contributed by atoms with Gasteiger partial charge in [0.1, 0.15) is 6.61 Å². The average Bonchev–Trinajstić information content (AvgIpc) is 2.31. The normalized spacial score (nSPS) is 31.6. The molecule has 1 fully saturated rings. The molecule has 1 rings (SSSR count). The zero-order valence-corrected chi connectivity index (χ0v) is 6.17. The minimum atomic E-state index is -2.40. The molecule has 4 heteroatoms. The molecule has 0 saturated heterocycles. The molecule has 0 aromatic heterocycles. The largest absolute Gasteiger partial charge is 0.393 e. The lowest BCUT2D eigenvalue weighted by Gasteiger charge is -2.09. The van der Waals surface area contributed by atoms with Gasteiger partial charge in [0.05, 0.1) is 12.2 Å². The predicted octanol–water partition coefficient (Wildman–Crippen LogP) is 1.18. The highest BCUT2D eigenvalue weighted by atomic mass is 19.3. The van der Waals surface area contributed by atoms with Crippen LogP contribution in [0.15, 0.2) is 0 Å². The number of hydrogen-bond donors (Lipinski definition) is 1. The third kappa shape index (κ3) is 3.12. The number of aliphatic hydroxyl groups is 1. The molecule has 0 radical (unpaired) electrons. The SMILES string of the molecule is OC1CCC(OCC(F)F)C1. The first-order valence-electron chi connectivity index (χ1n) is 3.76. The molecule has 11 heavy (non-hydrogen) atoms. The Morgan fingerprint density at radius 1 is 1.45 bits per heavy atom. The van der Waals surface area contributed by atoms with E-state index in [1.807, 2.05) is 0 Å². The second kappa shape index (κ2) is 3.97. The van der Waals surface area contributed by atoms with Crippen LogP contribution in [-0.2, 0) is 4.74 Å². The van der Waals surface area contributed by atoms with E-state index in [2.05, 4.69) is 0 Å². The lowest BCUT2D eigenvalue weighted by atomic mass is 10.3. The predicted molar refractivity (Wildman–Crippen MR) is 35.6 cm³/mol. The lowest BCUT2D eigenvalue weighted by Crippen LogP contribution is -2.14. The van der Waals surface area contributed by atoms with Crippen molar-refractivity contribution in [1.29, 1.82) is 0 Å². The molecule has 0 bridgehead atoms. The molecule has 0 heterocycles. The van der Waals surface area contributed by atoms with Gasteiger partial charge in [-0.2, -0.15) is 0 Å². The van der Waals surface area contributed by atoms with E-state index in [1.165, 1.54) is 0 Å². The zero-order valence-electron chi connectivity index (χ0n) is 6.17. The van der Waals surface area contributed by atoms with Gasteiger partial charge >= 0.3 is 0 Å². The molecule has 0 aromatic rings. The fourth-order valence-electron chi connectivity index (χ4n) is 1.28. The summed E-state index contributed by atoms with van der Waals surface area (Å²) in [5.74, 6) is 0. The smallest absolute Gasteiger partial charge is 0.261 e. The van der Waals surface area contributed by atoms with Crippen molar-refractivity contribution < 1.29 is 18.6 Å². The van der Waals surface area contributed by atoms with Crippen LogP contribution in [0.5, 0.6) is 0 Å². The minimum Gasteiger partial charge on any atom is -0.393 e. The van der Waals surface area contributed by atoms with Crippen molar-refractivity contribution in [3.63, 3.8) is 0 Å². The molecule has 66 valence electrons. The van der Waals surface area contributed by atoms with Crippen LogP contribution >= 0.6 is 0 Å². The summed E-state index contributed by atoms with van der Waals surface area (Å²) in [4.78, 5) is 0. The van der Waals surface area contributed by atoms with Crippen LogP contribution < -0.4 is 0 Å². The molecular weight excluding hydrogens is 154 g/mol. The Bertz CT molecular complexity index is 119. The summed E-state index contributed by atoms with van der Waals surface area (Å²) in [7, 11) is 0. The molecular formula is C7H12F2O2. The quantitative estimate of drug-likeness (QED) is 0.682. The maximum atomic E-state index is 11.6. The van der Waals surface area contributed by atoms with Crippen LogP contribution in [0.4, 0.5) is 8.78 Å². The van der Waals surface area contributed by atoms with Crippen LogP contribution in [0.3, 0.4) is 0 Å². The molecule has 2 unspecified atom stereocenters. The second-order valence-electron chi connectivity index (χ2n) is 2.81. The van der Waals surface area contributed by atoms with E-state index in [1.54, 1.807) is 0 Å². The molecule has 2 nitrogen and oxygen atoms in total. The summed E-state index contributed by atoms with van der Waals surface area (Å²) < 4.78 is 28.0. The van der Waals surface area contributed by atoms with Crippen molar-refractivity contribution in [3.05, 3.63) is 0 Å². The van der Waals surface area contributed by atoms with Crippen LogP contribution in [0.25, 0.3) is 0 Å². The van der Waals surface area contributed by atoms with Gasteiger partial charge in [-0.25, -0.2) is 8.78 Å². The van der Waals surface area contributed by atoms with Gasteiger partial charge in [0.25, 0.3) is 6.43 Å². The number of alkyl halides is 2. The van der Waals surface area contributed by atoms with Crippen molar-refractivity contribution >= 4 is 0 Å². The number of ether oxygens (including phenoxy) is 1. The van der Waals surface area contributed by atoms with Crippen LogP contribution in [0.2, 0.25) is 0 Å². The van der Waals surface area contributed by atoms with E-state index in [0.29, 0.717) is 19.3 Å². The summed E-state index contributed by atoms with van der Waals surface area (Å²) in [6.07, 6.45) is -1.02. The van der Waals surface area contributed by atoms with Crippen molar-refractivity contribution in [2.75, 3.05) is 6.61 Å². The molecule has 2 atom stereocenters. The van der Waals surface area contributed by atoms with Gasteiger partial charge < -0.3 is 9.84 Å². The molecule has 1 aliphatic carbocycles. The maximum absolute atomic E-state index is 11.6. The summed E-state index contributed by atoms with van der Waals surface area (Å²) in [5.41, 5.74) is 0. The minimum absolute atomic E-state index is 0.154. The van der Waals surface area contributed by atoms with Gasteiger partial charge in [0.15, 0.2) is 0 Å². The summed E-state index contributed by atoms with van der Waals surface area (Å²) >= 11 is 0. The Hall–Kier alpha value is -0.220. The van der Waals surface area contributed by atoms with Gasteiger partial charge in [-0.05, 0) is 19.3 Å². The summed E-state index contributed by atoms with van der Waals surface area (Å²) in [6, 6.07) is 0. The van der Waals surface area contributed by atoms with E-state index >= 15 is 0 Å². The van der Waals surface area contributed by atoms with E-state index in [9.17, 15) is 8.78 Å². The fourth-order valence-corrected chi connectivity index (χ4v) is 1.28. The van der Waals surface area contributed by atoms with Gasteiger partial charge in [-0.15, -0.1) is 0 Å². The monoisotopic (exact) mass is 166 g/mol. The van der Waals surface area contributed by atoms with E-state index in [0.717, 1.165) is 0 Å². The Balaban J connectivity index is 2.08. The summed E-state index contributed by atoms with van der Waals surface area (Å²) in [6.45, 7) is -0.503. The topological polar surface area (TPSA) is 29.5 Å². The number of halogens is 2. The van der Waals surface area contributed by atoms with Crippen LogP contribution in [0, 0.1) is 0 Å². The Morgan fingerprint density at radius 3 is 2.64 bits per heavy atom. The third-order valence-electron chi connectivity index (χ3n) is 1.81. The number of rotatable bonds is 3. The number of hydrogen-bond acceptors (Lipinski definition) is 2. The van der Waals surface area contributed by atoms with Gasteiger partial charge in [0.2, 0.25) is 0 Å². The molecule has 0 amide bonds. The molecule has 1 N–H and O–H groups in total. The van der Waals surface area contributed by atoms with Gasteiger partial charge in [-0.3, -0.25) is 0 Å². The highest BCUT2D eigenvalue weighted by Gasteiger charge is 2.23.